The van der Waals surface area contributed by atoms with Crippen LogP contribution in [-0.2, 0) is 0 Å². The third-order valence-electron chi connectivity index (χ3n) is 4.16. The molecule has 0 saturated carbocycles. The number of benzene rings is 2. The Labute approximate surface area is 154 Å². The Bertz CT molecular complexity index is 1140. The molecule has 0 aliphatic rings. The number of primary amides is 1. The minimum Gasteiger partial charge on any atom is -0.364 e. The van der Waals surface area contributed by atoms with Crippen molar-refractivity contribution in [1.29, 1.82) is 0 Å². The highest BCUT2D eigenvalue weighted by Gasteiger charge is 2.22. The lowest BCUT2D eigenvalue weighted by Crippen LogP contribution is -2.15. The summed E-state index contributed by atoms with van der Waals surface area (Å²) in [6.07, 6.45) is 0. The summed E-state index contributed by atoms with van der Waals surface area (Å²) in [6.45, 7) is 1.98. The number of aromatic nitrogens is 4. The van der Waals surface area contributed by atoms with Gasteiger partial charge in [0.15, 0.2) is 17.2 Å². The van der Waals surface area contributed by atoms with Crippen LogP contribution >= 0.6 is 0 Å². The number of nitrogens with two attached hydrogens (primary N) is 1. The number of nitrogens with zero attached hydrogens (tertiary/aromatic N) is 4. The van der Waals surface area contributed by atoms with Gasteiger partial charge in [0.25, 0.3) is 5.91 Å². The second-order valence-electron chi connectivity index (χ2n) is 6.02. The highest BCUT2D eigenvalue weighted by Crippen LogP contribution is 2.27. The molecule has 8 nitrogen and oxygen atoms in total. The number of carbonyl (C=O) groups excluding carboxylic acids is 1. The van der Waals surface area contributed by atoms with Gasteiger partial charge in [-0.1, -0.05) is 48.0 Å². The molecule has 0 fully saturated rings. The Hall–Kier alpha value is -3.78. The van der Waals surface area contributed by atoms with Crippen LogP contribution in [0.15, 0.2) is 54.6 Å². The summed E-state index contributed by atoms with van der Waals surface area (Å²) >= 11 is 0. The third-order valence-corrected chi connectivity index (χ3v) is 4.16. The quantitative estimate of drug-likeness (QED) is 0.481. The average molecular weight is 360 g/mol. The summed E-state index contributed by atoms with van der Waals surface area (Å²) in [5, 5.41) is 9.53. The molecule has 0 spiro atoms. The van der Waals surface area contributed by atoms with E-state index in [1.165, 1.54) is 0 Å². The van der Waals surface area contributed by atoms with Gasteiger partial charge in [-0.15, -0.1) is 0 Å². The first-order chi connectivity index (χ1) is 13.1. The average Bonchev–Trinajstić information content (AvgIpc) is 3.06. The molecule has 8 heteroatoms. The van der Waals surface area contributed by atoms with Crippen molar-refractivity contribution in [2.75, 3.05) is 5.48 Å². The molecule has 0 aliphatic carbocycles. The molecule has 4 N–H and O–H groups in total. The van der Waals surface area contributed by atoms with Gasteiger partial charge in [0.1, 0.15) is 5.52 Å². The minimum absolute atomic E-state index is 0.0123. The maximum absolute atomic E-state index is 12.0. The third kappa shape index (κ3) is 2.87. The topological polar surface area (TPSA) is 119 Å². The van der Waals surface area contributed by atoms with Gasteiger partial charge in [0.05, 0.1) is 5.69 Å². The molecule has 4 aromatic rings. The minimum atomic E-state index is -0.724. The summed E-state index contributed by atoms with van der Waals surface area (Å²) in [5.41, 5.74) is 10.7. The van der Waals surface area contributed by atoms with Crippen molar-refractivity contribution < 1.29 is 10.0 Å². The van der Waals surface area contributed by atoms with Crippen LogP contribution in [0.4, 0.5) is 5.95 Å². The maximum atomic E-state index is 12.0. The number of carbonyl (C=O) groups is 1. The van der Waals surface area contributed by atoms with Gasteiger partial charge in [-0.3, -0.25) is 14.6 Å². The van der Waals surface area contributed by atoms with Crippen LogP contribution < -0.4 is 11.2 Å². The van der Waals surface area contributed by atoms with Crippen LogP contribution in [0.25, 0.3) is 28.2 Å². The molecule has 4 rings (SSSR count). The van der Waals surface area contributed by atoms with Crippen LogP contribution in [0.1, 0.15) is 16.1 Å². The number of nitrogens with one attached hydrogen (secondary N) is 1. The van der Waals surface area contributed by atoms with E-state index in [0.29, 0.717) is 17.2 Å². The number of rotatable bonds is 4. The Morgan fingerprint density at radius 2 is 1.74 bits per heavy atom. The van der Waals surface area contributed by atoms with E-state index in [-0.39, 0.29) is 17.2 Å². The maximum Gasteiger partial charge on any atom is 0.269 e. The van der Waals surface area contributed by atoms with Crippen molar-refractivity contribution in [3.8, 4) is 17.1 Å². The Kier molecular flexibility index (Phi) is 4.02. The first kappa shape index (κ1) is 16.7. The van der Waals surface area contributed by atoms with E-state index in [0.717, 1.165) is 11.1 Å². The second-order valence-corrected chi connectivity index (χ2v) is 6.02. The SMILES string of the molecule is Cc1ccc(-c2nc(C(N)=O)c3nc(NO)n(-c4ccccc4)c3n2)cc1. The fourth-order valence-electron chi connectivity index (χ4n) is 2.86. The normalized spacial score (nSPS) is 10.9. The van der Waals surface area contributed by atoms with E-state index in [1.807, 2.05) is 67.0 Å². The van der Waals surface area contributed by atoms with E-state index in [1.54, 1.807) is 4.57 Å². The fraction of sp³-hybridized carbons (Fsp3) is 0.0526. The number of aryl methyl sites for hydroxylation is 1. The zero-order chi connectivity index (χ0) is 19.0. The summed E-state index contributed by atoms with van der Waals surface area (Å²) in [4.78, 5) is 25.2. The predicted octanol–water partition coefficient (Wildman–Crippen LogP) is 2.69. The Morgan fingerprint density at radius 1 is 1.04 bits per heavy atom. The number of amides is 1. The van der Waals surface area contributed by atoms with Crippen LogP contribution in [0.3, 0.4) is 0 Å². The van der Waals surface area contributed by atoms with Crippen molar-refractivity contribution in [3.63, 3.8) is 0 Å². The second kappa shape index (κ2) is 6.50. The van der Waals surface area contributed by atoms with E-state index in [4.69, 9.17) is 5.73 Å². The highest BCUT2D eigenvalue weighted by atomic mass is 16.5. The lowest BCUT2D eigenvalue weighted by atomic mass is 10.1. The van der Waals surface area contributed by atoms with Crippen molar-refractivity contribution in [2.45, 2.75) is 6.92 Å². The summed E-state index contributed by atoms with van der Waals surface area (Å²) in [7, 11) is 0. The summed E-state index contributed by atoms with van der Waals surface area (Å²) < 4.78 is 1.60. The molecule has 0 aliphatic heterocycles. The molecule has 2 aromatic carbocycles. The zero-order valence-electron chi connectivity index (χ0n) is 14.4. The number of para-hydroxylation sites is 1. The van der Waals surface area contributed by atoms with Crippen molar-refractivity contribution in [3.05, 3.63) is 65.9 Å². The molecule has 134 valence electrons. The van der Waals surface area contributed by atoms with Gasteiger partial charge in [-0.25, -0.2) is 20.4 Å². The van der Waals surface area contributed by atoms with Gasteiger partial charge in [0.2, 0.25) is 5.95 Å². The van der Waals surface area contributed by atoms with E-state index in [9.17, 15) is 10.0 Å². The predicted molar refractivity (Wildman–Crippen MR) is 101 cm³/mol. The first-order valence-corrected chi connectivity index (χ1v) is 8.21. The number of fused-ring (bicyclic) bond motifs is 1. The standard InChI is InChI=1S/C19H16N6O2/c1-11-7-9-12(10-8-11)17-21-14(16(20)26)15-18(23-17)25(19(22-15)24-27)13-5-3-2-4-6-13/h2-10,27H,1H3,(H2,20,26)(H,22,24). The molecule has 27 heavy (non-hydrogen) atoms. The van der Waals surface area contributed by atoms with Crippen LogP contribution in [0.5, 0.6) is 0 Å². The summed E-state index contributed by atoms with van der Waals surface area (Å²) in [5.74, 6) is -0.273. The van der Waals surface area contributed by atoms with Crippen molar-refractivity contribution in [2.24, 2.45) is 5.73 Å². The van der Waals surface area contributed by atoms with Crippen LogP contribution in [0, 0.1) is 6.92 Å². The Balaban J connectivity index is 2.06. The molecule has 0 saturated heterocycles. The fourth-order valence-corrected chi connectivity index (χ4v) is 2.86. The molecule has 1 amide bonds. The summed E-state index contributed by atoms with van der Waals surface area (Å²) in [6, 6.07) is 16.8. The van der Waals surface area contributed by atoms with Gasteiger partial charge in [-0.2, -0.15) is 0 Å². The number of hydrogen-bond donors (Lipinski definition) is 3. The van der Waals surface area contributed by atoms with Crippen LogP contribution in [0.2, 0.25) is 0 Å². The molecule has 0 unspecified atom stereocenters. The van der Waals surface area contributed by atoms with E-state index >= 15 is 0 Å². The van der Waals surface area contributed by atoms with Gasteiger partial charge < -0.3 is 5.73 Å². The molecule has 0 bridgehead atoms. The van der Waals surface area contributed by atoms with Crippen molar-refractivity contribution in [1.82, 2.24) is 19.5 Å². The molecule has 0 radical (unpaired) electrons. The van der Waals surface area contributed by atoms with Crippen LogP contribution in [-0.4, -0.2) is 30.6 Å². The largest absolute Gasteiger partial charge is 0.364 e. The number of imidazole rings is 1. The molecule has 0 atom stereocenters. The van der Waals surface area contributed by atoms with E-state index < -0.39 is 5.91 Å². The first-order valence-electron chi connectivity index (χ1n) is 8.21. The zero-order valence-corrected chi connectivity index (χ0v) is 14.4. The lowest BCUT2D eigenvalue weighted by molar-refractivity contribution is 0.0997. The lowest BCUT2D eigenvalue weighted by Gasteiger charge is -2.08. The Morgan fingerprint density at radius 3 is 2.37 bits per heavy atom. The molecule has 2 aromatic heterocycles. The molecular weight excluding hydrogens is 344 g/mol. The van der Waals surface area contributed by atoms with E-state index in [2.05, 4.69) is 15.0 Å². The van der Waals surface area contributed by atoms with Crippen molar-refractivity contribution >= 4 is 23.0 Å². The van der Waals surface area contributed by atoms with Gasteiger partial charge in [-0.05, 0) is 19.1 Å². The monoisotopic (exact) mass is 360 g/mol. The number of anilines is 1. The highest BCUT2D eigenvalue weighted by molar-refractivity contribution is 6.02. The van der Waals surface area contributed by atoms with Gasteiger partial charge in [0, 0.05) is 5.56 Å². The van der Waals surface area contributed by atoms with Gasteiger partial charge >= 0.3 is 0 Å². The molecule has 2 heterocycles. The smallest absolute Gasteiger partial charge is 0.269 e. The molecular formula is C19H16N6O2. The number of hydrogen-bond acceptors (Lipinski definition) is 6.